The van der Waals surface area contributed by atoms with E-state index >= 15 is 4.39 Å². The number of halogens is 1. The summed E-state index contributed by atoms with van der Waals surface area (Å²) in [6.07, 6.45) is 4.65. The Hall–Kier alpha value is -3.49. The second-order valence-electron chi connectivity index (χ2n) is 8.02. The largest absolute Gasteiger partial charge is 0.508 e. The summed E-state index contributed by atoms with van der Waals surface area (Å²) in [5.41, 5.74) is 10.8. The number of aromatic hydroxyl groups is 1. The van der Waals surface area contributed by atoms with Gasteiger partial charge >= 0.3 is 0 Å². The Morgan fingerprint density at radius 2 is 2.06 bits per heavy atom. The van der Waals surface area contributed by atoms with Crippen LogP contribution in [0.3, 0.4) is 0 Å². The molecule has 0 saturated carbocycles. The van der Waals surface area contributed by atoms with E-state index in [4.69, 9.17) is 5.73 Å². The number of hydrogen-bond donors (Lipinski definition) is 4. The molecule has 2 aromatic heterocycles. The monoisotopic (exact) mass is 432 g/mol. The molecule has 5 rings (SSSR count). The fraction of sp³-hybridized carbons (Fsp3) is 0.250. The Morgan fingerprint density at radius 3 is 2.88 bits per heavy atom. The van der Waals surface area contributed by atoms with E-state index in [1.807, 2.05) is 13.0 Å². The van der Waals surface area contributed by atoms with Crippen LogP contribution in [0.5, 0.6) is 5.75 Å². The second kappa shape index (κ2) is 8.22. The van der Waals surface area contributed by atoms with Crippen LogP contribution >= 0.6 is 0 Å². The Labute approximate surface area is 184 Å². The van der Waals surface area contributed by atoms with E-state index in [0.717, 1.165) is 36.5 Å². The van der Waals surface area contributed by atoms with Gasteiger partial charge in [-0.1, -0.05) is 25.1 Å². The highest BCUT2D eigenvalue weighted by molar-refractivity contribution is 5.95. The fourth-order valence-corrected chi connectivity index (χ4v) is 4.34. The summed E-state index contributed by atoms with van der Waals surface area (Å²) in [5.74, 6) is 0.395. The minimum Gasteiger partial charge on any atom is -0.508 e. The van der Waals surface area contributed by atoms with Crippen LogP contribution in [0.4, 0.5) is 4.39 Å². The molecule has 0 bridgehead atoms. The number of imidazole rings is 1. The van der Waals surface area contributed by atoms with Gasteiger partial charge in [0.2, 0.25) is 0 Å². The first kappa shape index (κ1) is 20.4. The van der Waals surface area contributed by atoms with Crippen molar-refractivity contribution in [2.75, 3.05) is 26.2 Å². The molecule has 0 amide bonds. The van der Waals surface area contributed by atoms with Crippen molar-refractivity contribution in [1.82, 2.24) is 25.1 Å². The minimum absolute atomic E-state index is 0.172. The predicted molar refractivity (Wildman–Crippen MR) is 124 cm³/mol. The summed E-state index contributed by atoms with van der Waals surface area (Å²) in [7, 11) is 0. The lowest BCUT2D eigenvalue weighted by molar-refractivity contribution is 0.365. The van der Waals surface area contributed by atoms with Gasteiger partial charge in [-0.3, -0.25) is 10.00 Å². The van der Waals surface area contributed by atoms with E-state index in [9.17, 15) is 5.11 Å². The lowest BCUT2D eigenvalue weighted by atomic mass is 9.96. The summed E-state index contributed by atoms with van der Waals surface area (Å²) in [5, 5.41) is 17.6. The molecule has 0 saturated heterocycles. The van der Waals surface area contributed by atoms with E-state index in [2.05, 4.69) is 31.1 Å². The second-order valence-corrected chi connectivity index (χ2v) is 8.02. The molecule has 5 N–H and O–H groups in total. The number of nitrogens with one attached hydrogen (secondary N) is 2. The molecule has 2 aromatic carbocycles. The van der Waals surface area contributed by atoms with Gasteiger partial charge in [-0.25, -0.2) is 9.37 Å². The SMILES string of the molecule is CCc1cc(O)ccc1-c1ccc2c(-c3ncc(C4=CCN(CCN)C4)[nH]3)[nH]nc2c1F. The average molecular weight is 433 g/mol. The molecule has 0 aliphatic carbocycles. The highest BCUT2D eigenvalue weighted by atomic mass is 19.1. The van der Waals surface area contributed by atoms with Crippen LogP contribution in [0.2, 0.25) is 0 Å². The van der Waals surface area contributed by atoms with E-state index < -0.39 is 5.82 Å². The van der Waals surface area contributed by atoms with E-state index in [0.29, 0.717) is 35.4 Å². The fourth-order valence-electron chi connectivity index (χ4n) is 4.34. The Balaban J connectivity index is 1.49. The smallest absolute Gasteiger partial charge is 0.159 e. The molecule has 32 heavy (non-hydrogen) atoms. The quantitative estimate of drug-likeness (QED) is 0.372. The van der Waals surface area contributed by atoms with Crippen molar-refractivity contribution in [2.24, 2.45) is 5.73 Å². The number of hydrogen-bond acceptors (Lipinski definition) is 5. The number of phenolic OH excluding ortho intramolecular Hbond substituents is 1. The Bertz CT molecular complexity index is 1320. The topological polar surface area (TPSA) is 107 Å². The third-order valence-corrected chi connectivity index (χ3v) is 6.02. The van der Waals surface area contributed by atoms with Gasteiger partial charge < -0.3 is 15.8 Å². The van der Waals surface area contributed by atoms with Crippen molar-refractivity contribution in [3.63, 3.8) is 0 Å². The van der Waals surface area contributed by atoms with Gasteiger partial charge in [0, 0.05) is 37.1 Å². The van der Waals surface area contributed by atoms with E-state index in [1.165, 1.54) is 5.57 Å². The Kier molecular flexibility index (Phi) is 5.24. The third-order valence-electron chi connectivity index (χ3n) is 6.02. The van der Waals surface area contributed by atoms with Crippen LogP contribution in [-0.2, 0) is 6.42 Å². The maximum absolute atomic E-state index is 15.5. The number of benzene rings is 2. The summed E-state index contributed by atoms with van der Waals surface area (Å²) < 4.78 is 15.5. The van der Waals surface area contributed by atoms with Crippen LogP contribution in [0.25, 0.3) is 39.1 Å². The molecule has 0 spiro atoms. The number of aromatic nitrogens is 4. The average Bonchev–Trinajstić information content (AvgIpc) is 3.53. The minimum atomic E-state index is -0.395. The standard InChI is InChI=1S/C24H25FN6O/c1-2-14-11-16(32)3-4-17(14)18-5-6-19-22(21(18)25)29-30-23(19)24-27-12-20(28-24)15-7-9-31(13-15)10-8-26/h3-7,11-12,32H,2,8-10,13,26H2,1H3,(H,27,28)(H,29,30). The maximum atomic E-state index is 15.5. The van der Waals surface area contributed by atoms with Crippen molar-refractivity contribution in [3.05, 3.63) is 59.7 Å². The molecule has 164 valence electrons. The number of fused-ring (bicyclic) bond motifs is 1. The zero-order chi connectivity index (χ0) is 22.2. The zero-order valence-electron chi connectivity index (χ0n) is 17.8. The summed E-state index contributed by atoms with van der Waals surface area (Å²) in [6, 6.07) is 8.61. The summed E-state index contributed by atoms with van der Waals surface area (Å²) >= 11 is 0. The van der Waals surface area contributed by atoms with Crippen LogP contribution in [0.1, 0.15) is 18.2 Å². The number of aromatic amines is 2. The highest BCUT2D eigenvalue weighted by Crippen LogP contribution is 2.35. The normalized spacial score (nSPS) is 14.4. The first-order chi connectivity index (χ1) is 15.6. The lowest BCUT2D eigenvalue weighted by Gasteiger charge is -2.13. The summed E-state index contributed by atoms with van der Waals surface area (Å²) in [4.78, 5) is 10.1. The van der Waals surface area contributed by atoms with Gasteiger partial charge in [-0.15, -0.1) is 0 Å². The number of H-pyrrole nitrogens is 2. The van der Waals surface area contributed by atoms with E-state index in [1.54, 1.807) is 30.5 Å². The molecule has 7 nitrogen and oxygen atoms in total. The molecule has 1 aliphatic heterocycles. The molecular weight excluding hydrogens is 407 g/mol. The first-order valence-electron chi connectivity index (χ1n) is 10.7. The van der Waals surface area contributed by atoms with Gasteiger partial charge in [-0.2, -0.15) is 5.10 Å². The predicted octanol–water partition coefficient (Wildman–Crippen LogP) is 3.68. The number of aryl methyl sites for hydroxylation is 1. The van der Waals surface area contributed by atoms with Gasteiger partial charge in [0.25, 0.3) is 0 Å². The molecular formula is C24H25FN6O. The van der Waals surface area contributed by atoms with Gasteiger partial charge in [0.1, 0.15) is 17.0 Å². The molecule has 8 heteroatoms. The van der Waals surface area contributed by atoms with Crippen LogP contribution < -0.4 is 5.73 Å². The molecule has 1 aliphatic rings. The maximum Gasteiger partial charge on any atom is 0.159 e. The van der Waals surface area contributed by atoms with Crippen molar-refractivity contribution < 1.29 is 9.50 Å². The number of nitrogens with zero attached hydrogens (tertiary/aromatic N) is 3. The number of nitrogens with two attached hydrogens (primary N) is 1. The van der Waals surface area contributed by atoms with Gasteiger partial charge in [0.05, 0.1) is 11.9 Å². The number of rotatable bonds is 6. The molecule has 4 aromatic rings. The van der Waals surface area contributed by atoms with Gasteiger partial charge in [-0.05, 0) is 41.3 Å². The summed E-state index contributed by atoms with van der Waals surface area (Å²) in [6.45, 7) is 5.16. The van der Waals surface area contributed by atoms with E-state index in [-0.39, 0.29) is 11.3 Å². The molecule has 0 radical (unpaired) electrons. The molecule has 0 fully saturated rings. The molecule has 3 heterocycles. The lowest BCUT2D eigenvalue weighted by Crippen LogP contribution is -2.27. The Morgan fingerprint density at radius 1 is 1.22 bits per heavy atom. The first-order valence-corrected chi connectivity index (χ1v) is 10.7. The van der Waals surface area contributed by atoms with Crippen molar-refractivity contribution >= 4 is 16.5 Å². The molecule has 0 atom stereocenters. The zero-order valence-corrected chi connectivity index (χ0v) is 17.8. The van der Waals surface area contributed by atoms with Crippen molar-refractivity contribution in [3.8, 4) is 28.4 Å². The van der Waals surface area contributed by atoms with Crippen molar-refractivity contribution in [2.45, 2.75) is 13.3 Å². The van der Waals surface area contributed by atoms with Crippen molar-refractivity contribution in [1.29, 1.82) is 0 Å². The molecule has 0 unspecified atom stereocenters. The van der Waals surface area contributed by atoms with Crippen LogP contribution in [-0.4, -0.2) is 56.4 Å². The third kappa shape index (κ3) is 3.47. The highest BCUT2D eigenvalue weighted by Gasteiger charge is 2.20. The number of phenols is 1. The van der Waals surface area contributed by atoms with Gasteiger partial charge in [0.15, 0.2) is 11.6 Å². The van der Waals surface area contributed by atoms with Crippen LogP contribution in [0, 0.1) is 5.82 Å². The van der Waals surface area contributed by atoms with Crippen LogP contribution in [0.15, 0.2) is 42.6 Å².